The lowest BCUT2D eigenvalue weighted by molar-refractivity contribution is -0.129. The molecule has 5 heterocycles. The highest BCUT2D eigenvalue weighted by Gasteiger charge is 2.42. The number of imidazole rings is 1. The number of halogens is 3. The van der Waals surface area contributed by atoms with Crippen molar-refractivity contribution in [3.63, 3.8) is 0 Å². The van der Waals surface area contributed by atoms with Crippen molar-refractivity contribution in [2.75, 3.05) is 24.6 Å². The Labute approximate surface area is 238 Å². The third-order valence-electron chi connectivity index (χ3n) is 7.62. The molecule has 0 radical (unpaired) electrons. The number of benzene rings is 1. The number of carbonyl (C=O) groups is 1. The van der Waals surface area contributed by atoms with Gasteiger partial charge in [-0.1, -0.05) is 11.6 Å². The van der Waals surface area contributed by atoms with E-state index in [2.05, 4.69) is 30.5 Å². The lowest BCUT2D eigenvalue weighted by Crippen LogP contribution is -2.39. The largest absolute Gasteiger partial charge is 0.395 e. The van der Waals surface area contributed by atoms with Gasteiger partial charge in [0.1, 0.15) is 12.2 Å². The Morgan fingerprint density at radius 2 is 2.05 bits per heavy atom. The predicted molar refractivity (Wildman–Crippen MR) is 146 cm³/mol. The van der Waals surface area contributed by atoms with Crippen molar-refractivity contribution in [2.24, 2.45) is 0 Å². The predicted octanol–water partition coefficient (Wildman–Crippen LogP) is 3.72. The highest BCUT2D eigenvalue weighted by atomic mass is 35.5. The molecule has 2 aliphatic heterocycles. The molecule has 2 atom stereocenters. The van der Waals surface area contributed by atoms with Gasteiger partial charge in [0.05, 0.1) is 35.2 Å². The molecule has 41 heavy (non-hydrogen) atoms. The van der Waals surface area contributed by atoms with Gasteiger partial charge in [-0.05, 0) is 60.4 Å². The molecular weight excluding hydrogens is 556 g/mol. The van der Waals surface area contributed by atoms with Gasteiger partial charge in [0.15, 0.2) is 17.5 Å². The lowest BCUT2D eigenvalue weighted by atomic mass is 9.92. The summed E-state index contributed by atoms with van der Waals surface area (Å²) in [5.74, 6) is -0.757. The van der Waals surface area contributed by atoms with Crippen LogP contribution >= 0.6 is 11.6 Å². The number of pyridine rings is 1. The van der Waals surface area contributed by atoms with Crippen LogP contribution in [0.2, 0.25) is 5.02 Å². The van der Waals surface area contributed by atoms with Crippen LogP contribution in [-0.2, 0) is 4.79 Å². The molecule has 14 heteroatoms. The van der Waals surface area contributed by atoms with E-state index in [9.17, 15) is 9.90 Å². The fourth-order valence-corrected chi connectivity index (χ4v) is 5.90. The van der Waals surface area contributed by atoms with Crippen molar-refractivity contribution in [2.45, 2.75) is 38.3 Å². The smallest absolute Gasteiger partial charge is 0.247 e. The second-order valence-electron chi connectivity index (χ2n) is 9.86. The monoisotopic (exact) mass is 581 g/mol. The molecule has 1 saturated heterocycles. The SMILES string of the molecule is CCN(CCO)c1nccc(-c2cnc([C@@H]3CC[C@@H]4CC(c5c(-n6cnnn6)ccc(Cl)c5F)=CC(=O)N43)[nH]2)c1F. The van der Waals surface area contributed by atoms with Gasteiger partial charge in [-0.25, -0.2) is 18.7 Å². The van der Waals surface area contributed by atoms with Gasteiger partial charge < -0.3 is 19.9 Å². The minimum Gasteiger partial charge on any atom is -0.395 e. The number of hydrogen-bond donors (Lipinski definition) is 2. The number of aromatic amines is 1. The number of aliphatic hydroxyl groups is 1. The molecule has 0 spiro atoms. The minimum absolute atomic E-state index is 0.0649. The van der Waals surface area contributed by atoms with E-state index in [1.807, 2.05) is 6.92 Å². The van der Waals surface area contributed by atoms with Crippen LogP contribution in [-0.4, -0.2) is 76.8 Å². The van der Waals surface area contributed by atoms with E-state index >= 15 is 8.78 Å². The van der Waals surface area contributed by atoms with Crippen LogP contribution in [0.3, 0.4) is 0 Å². The van der Waals surface area contributed by atoms with Crippen molar-refractivity contribution in [1.29, 1.82) is 0 Å². The van der Waals surface area contributed by atoms with Crippen LogP contribution in [0.25, 0.3) is 22.5 Å². The summed E-state index contributed by atoms with van der Waals surface area (Å²) in [5.41, 5.74) is 1.83. The molecular formula is C27H26ClF2N9O2. The Kier molecular flexibility index (Phi) is 7.22. The van der Waals surface area contributed by atoms with Crippen LogP contribution in [0.1, 0.15) is 43.6 Å². The van der Waals surface area contributed by atoms with E-state index in [-0.39, 0.29) is 47.5 Å². The zero-order chi connectivity index (χ0) is 28.7. The number of nitrogens with zero attached hydrogens (tertiary/aromatic N) is 8. The summed E-state index contributed by atoms with van der Waals surface area (Å²) < 4.78 is 32.2. The van der Waals surface area contributed by atoms with Crippen LogP contribution in [0.4, 0.5) is 14.6 Å². The topological polar surface area (TPSA) is 129 Å². The Bertz CT molecular complexity index is 1620. The van der Waals surface area contributed by atoms with Crippen LogP contribution in [0.5, 0.6) is 0 Å². The number of fused-ring (bicyclic) bond motifs is 1. The fraction of sp³-hybridized carbons (Fsp3) is 0.333. The summed E-state index contributed by atoms with van der Waals surface area (Å²) >= 11 is 6.12. The number of rotatable bonds is 8. The van der Waals surface area contributed by atoms with E-state index in [0.29, 0.717) is 54.1 Å². The number of likely N-dealkylation sites (N-methyl/N-ethyl adjacent to an activating group) is 1. The Morgan fingerprint density at radius 1 is 1.20 bits per heavy atom. The standard InChI is InChI=1S/C27H26ClF2N9O2/c1-2-37(9-10-40)27-24(29)17(7-8-31-27)19-13-32-26(34-19)21-5-3-16-11-15(12-22(41)39(16)21)23-20(38-14-33-35-36-38)6-4-18(28)25(23)30/h4,6-8,12-14,16,21,40H,2-3,5,9-11H2,1H3,(H,32,34)/t16-,21+/m1/s1. The number of hydrogen-bond acceptors (Lipinski definition) is 8. The number of aromatic nitrogens is 7. The van der Waals surface area contributed by atoms with Crippen LogP contribution < -0.4 is 4.90 Å². The van der Waals surface area contributed by atoms with Crippen LogP contribution in [0, 0.1) is 11.6 Å². The zero-order valence-corrected chi connectivity index (χ0v) is 22.8. The molecule has 0 saturated carbocycles. The third-order valence-corrected chi connectivity index (χ3v) is 7.92. The summed E-state index contributed by atoms with van der Waals surface area (Å²) in [7, 11) is 0. The maximum Gasteiger partial charge on any atom is 0.247 e. The van der Waals surface area contributed by atoms with Crippen molar-refractivity contribution >= 4 is 28.9 Å². The van der Waals surface area contributed by atoms with Crippen LogP contribution in [0.15, 0.2) is 43.0 Å². The quantitative estimate of drug-likeness (QED) is 0.322. The zero-order valence-electron chi connectivity index (χ0n) is 22.0. The van der Waals surface area contributed by atoms with E-state index in [1.54, 1.807) is 28.1 Å². The number of amides is 1. The molecule has 4 aromatic rings. The highest BCUT2D eigenvalue weighted by molar-refractivity contribution is 6.31. The average molecular weight is 582 g/mol. The molecule has 1 fully saturated rings. The van der Waals surface area contributed by atoms with Crippen molar-refractivity contribution in [3.05, 3.63) is 71.0 Å². The number of carbonyl (C=O) groups excluding carboxylic acids is 1. The van der Waals surface area contributed by atoms with Gasteiger partial charge in [0.2, 0.25) is 5.91 Å². The first-order valence-electron chi connectivity index (χ1n) is 13.2. The van der Waals surface area contributed by atoms with Gasteiger partial charge in [0, 0.05) is 42.5 Å². The first-order chi connectivity index (χ1) is 19.9. The van der Waals surface area contributed by atoms with E-state index < -0.39 is 11.6 Å². The molecule has 1 aromatic carbocycles. The number of anilines is 1. The first kappa shape index (κ1) is 27.0. The molecule has 0 aliphatic carbocycles. The first-order valence-corrected chi connectivity index (χ1v) is 13.6. The molecule has 212 valence electrons. The normalized spacial score (nSPS) is 18.5. The number of H-pyrrole nitrogens is 1. The molecule has 1 amide bonds. The fourth-order valence-electron chi connectivity index (χ4n) is 5.74. The summed E-state index contributed by atoms with van der Waals surface area (Å²) in [5, 5.41) is 20.4. The summed E-state index contributed by atoms with van der Waals surface area (Å²) in [6.07, 6.45) is 7.55. The van der Waals surface area contributed by atoms with Gasteiger partial charge in [-0.15, -0.1) is 5.10 Å². The Hall–Kier alpha value is -4.23. The maximum atomic E-state index is 15.5. The van der Waals surface area contributed by atoms with Gasteiger partial charge in [0.25, 0.3) is 0 Å². The molecule has 11 nitrogen and oxygen atoms in total. The minimum atomic E-state index is -0.642. The van der Waals surface area contributed by atoms with Crippen molar-refractivity contribution < 1.29 is 18.7 Å². The molecule has 6 rings (SSSR count). The van der Waals surface area contributed by atoms with Gasteiger partial charge >= 0.3 is 0 Å². The van der Waals surface area contributed by atoms with Crippen molar-refractivity contribution in [1.82, 2.24) is 40.1 Å². The van der Waals surface area contributed by atoms with Gasteiger partial charge in [-0.2, -0.15) is 4.68 Å². The second kappa shape index (κ2) is 11.0. The number of nitrogens with one attached hydrogen (secondary N) is 1. The number of aliphatic hydroxyl groups excluding tert-OH is 1. The molecule has 0 bridgehead atoms. The molecule has 3 aromatic heterocycles. The summed E-state index contributed by atoms with van der Waals surface area (Å²) in [4.78, 5) is 28.8. The highest BCUT2D eigenvalue weighted by Crippen LogP contribution is 2.44. The van der Waals surface area contributed by atoms with Crippen molar-refractivity contribution in [3.8, 4) is 16.9 Å². The van der Waals surface area contributed by atoms with E-state index in [4.69, 9.17) is 11.6 Å². The molecule has 2 N–H and O–H groups in total. The van der Waals surface area contributed by atoms with E-state index in [1.165, 1.54) is 29.3 Å². The van der Waals surface area contributed by atoms with Gasteiger partial charge in [-0.3, -0.25) is 4.79 Å². The number of tetrazole rings is 1. The Morgan fingerprint density at radius 3 is 2.80 bits per heavy atom. The summed E-state index contributed by atoms with van der Waals surface area (Å²) in [6, 6.07) is 4.05. The van der Waals surface area contributed by atoms with E-state index in [0.717, 1.165) is 0 Å². The average Bonchev–Trinajstić information content (AvgIpc) is 3.74. The molecule has 0 unspecified atom stereocenters. The third kappa shape index (κ3) is 4.74. The maximum absolute atomic E-state index is 15.5. The Balaban J connectivity index is 1.30. The lowest BCUT2D eigenvalue weighted by Gasteiger charge is -2.33. The molecule has 2 aliphatic rings. The second-order valence-corrected chi connectivity index (χ2v) is 10.3. The summed E-state index contributed by atoms with van der Waals surface area (Å²) in [6.45, 7) is 2.47.